The second-order valence-electron chi connectivity index (χ2n) is 5.66. The summed E-state index contributed by atoms with van der Waals surface area (Å²) in [5.74, 6) is 0.832. The highest BCUT2D eigenvalue weighted by Gasteiger charge is 2.68. The zero-order chi connectivity index (χ0) is 14.7. The normalized spacial score (nSPS) is 28.2. The molecule has 3 atom stereocenters. The van der Waals surface area contributed by atoms with E-state index in [1.54, 1.807) is 6.33 Å². The van der Waals surface area contributed by atoms with E-state index < -0.39 is 5.60 Å². The Morgan fingerprint density at radius 3 is 2.50 bits per heavy atom. The van der Waals surface area contributed by atoms with Gasteiger partial charge in [0.1, 0.15) is 12.4 Å². The van der Waals surface area contributed by atoms with Crippen molar-refractivity contribution < 1.29 is 4.74 Å². The maximum absolute atomic E-state index is 6.37. The van der Waals surface area contributed by atoms with Crippen molar-refractivity contribution in [2.75, 3.05) is 0 Å². The molecule has 0 spiro atoms. The third-order valence-corrected chi connectivity index (χ3v) is 4.84. The zero-order valence-corrected chi connectivity index (χ0v) is 12.3. The largest absolute Gasteiger partial charge is 0.353 e. The van der Waals surface area contributed by atoms with E-state index in [9.17, 15) is 0 Å². The number of epoxide rings is 1. The molecule has 4 nitrogen and oxygen atoms in total. The molecule has 2 aromatic carbocycles. The molecule has 0 saturated carbocycles. The van der Waals surface area contributed by atoms with Crippen LogP contribution in [0, 0.1) is 0 Å². The first-order chi connectivity index (χ1) is 10.8. The maximum Gasteiger partial charge on any atom is 0.178 e. The molecule has 0 radical (unpaired) electrons. The molecule has 22 heavy (non-hydrogen) atoms. The number of rotatable bonds is 3. The Kier molecular flexibility index (Phi) is 2.35. The van der Waals surface area contributed by atoms with Crippen molar-refractivity contribution in [3.05, 3.63) is 82.9 Å². The molecular formula is C17H12ClN3O. The molecule has 2 bridgehead atoms. The predicted octanol–water partition coefficient (Wildman–Crippen LogP) is 3.50. The number of hydrogen-bond acceptors (Lipinski definition) is 3. The maximum atomic E-state index is 6.37. The fraction of sp³-hybridized carbons (Fsp3) is 0.176. The fourth-order valence-corrected chi connectivity index (χ4v) is 3.65. The van der Waals surface area contributed by atoms with Gasteiger partial charge in [0.2, 0.25) is 0 Å². The minimum Gasteiger partial charge on any atom is -0.353 e. The van der Waals surface area contributed by atoms with Gasteiger partial charge in [-0.3, -0.25) is 0 Å². The number of halogens is 1. The van der Waals surface area contributed by atoms with Gasteiger partial charge in [-0.1, -0.05) is 60.1 Å². The minimum absolute atomic E-state index is 0.0381. The summed E-state index contributed by atoms with van der Waals surface area (Å²) in [6.45, 7) is 0. The van der Waals surface area contributed by atoms with Gasteiger partial charge in [-0.25, -0.2) is 9.67 Å². The topological polar surface area (TPSA) is 43.2 Å². The van der Waals surface area contributed by atoms with E-state index in [2.05, 4.69) is 22.2 Å². The van der Waals surface area contributed by atoms with Crippen LogP contribution in [0.1, 0.15) is 29.1 Å². The summed E-state index contributed by atoms with van der Waals surface area (Å²) in [7, 11) is 0. The summed E-state index contributed by atoms with van der Waals surface area (Å²) in [4.78, 5) is 4.31. The molecule has 3 aliphatic heterocycles. The molecule has 5 heteroatoms. The van der Waals surface area contributed by atoms with Crippen LogP contribution < -0.4 is 0 Å². The lowest BCUT2D eigenvalue weighted by atomic mass is 9.84. The Hall–Kier alpha value is -2.17. The van der Waals surface area contributed by atoms with Crippen molar-refractivity contribution >= 4 is 11.6 Å². The van der Waals surface area contributed by atoms with E-state index in [4.69, 9.17) is 16.3 Å². The van der Waals surface area contributed by atoms with Gasteiger partial charge in [-0.2, -0.15) is 5.10 Å². The van der Waals surface area contributed by atoms with E-state index >= 15 is 0 Å². The second kappa shape index (κ2) is 4.18. The van der Waals surface area contributed by atoms with Crippen LogP contribution in [0.3, 0.4) is 0 Å². The molecular weight excluding hydrogens is 298 g/mol. The molecule has 1 aromatic heterocycles. The molecule has 6 rings (SSSR count). The predicted molar refractivity (Wildman–Crippen MR) is 81.6 cm³/mol. The minimum atomic E-state index is -0.458. The van der Waals surface area contributed by atoms with Gasteiger partial charge in [0.15, 0.2) is 17.5 Å². The van der Waals surface area contributed by atoms with Crippen molar-refractivity contribution in [2.45, 2.75) is 17.7 Å². The lowest BCUT2D eigenvalue weighted by molar-refractivity contribution is 0.203. The summed E-state index contributed by atoms with van der Waals surface area (Å²) in [6, 6.07) is 18.1. The molecule has 3 aromatic rings. The fourth-order valence-electron chi connectivity index (χ4n) is 3.42. The molecule has 0 aliphatic carbocycles. The molecule has 108 valence electrons. The Morgan fingerprint density at radius 2 is 1.82 bits per heavy atom. The third-order valence-electron chi connectivity index (χ3n) is 4.50. The van der Waals surface area contributed by atoms with E-state index in [1.807, 2.05) is 47.1 Å². The highest BCUT2D eigenvalue weighted by atomic mass is 35.5. The monoisotopic (exact) mass is 309 g/mol. The summed E-state index contributed by atoms with van der Waals surface area (Å²) < 4.78 is 8.13. The Labute approximate surface area is 132 Å². The van der Waals surface area contributed by atoms with Gasteiger partial charge >= 0.3 is 0 Å². The molecule has 3 aliphatic rings. The van der Waals surface area contributed by atoms with Crippen LogP contribution in [0.2, 0.25) is 5.02 Å². The van der Waals surface area contributed by atoms with Crippen LogP contribution in [0.25, 0.3) is 0 Å². The highest BCUT2D eigenvalue weighted by molar-refractivity contribution is 6.31. The molecule has 0 amide bonds. The van der Waals surface area contributed by atoms with Crippen LogP contribution in [0.15, 0.2) is 60.9 Å². The standard InChI is InChI=1S/C17H12ClN3O/c18-13-9-5-4-8-12(13)15-17(22-15,11-6-2-1-3-7-11)14-16-19-10-21(14)20-16/h1-10,14-15H/t14-,15-,17-/m0/s1. The van der Waals surface area contributed by atoms with Gasteiger partial charge in [-0.15, -0.1) is 0 Å². The molecule has 1 fully saturated rings. The van der Waals surface area contributed by atoms with Gasteiger partial charge in [0.25, 0.3) is 0 Å². The van der Waals surface area contributed by atoms with Crippen molar-refractivity contribution in [3.8, 4) is 0 Å². The van der Waals surface area contributed by atoms with Crippen LogP contribution in [0.4, 0.5) is 0 Å². The van der Waals surface area contributed by atoms with Gasteiger partial charge in [0.05, 0.1) is 0 Å². The lowest BCUT2D eigenvalue weighted by Gasteiger charge is -2.27. The average molecular weight is 310 g/mol. The first-order valence-corrected chi connectivity index (χ1v) is 7.57. The second-order valence-corrected chi connectivity index (χ2v) is 6.07. The SMILES string of the molecule is Clc1ccccc1[C@@H]1O[C@@]1(c1ccccc1)[C@@H]1c2ncn1n2. The third kappa shape index (κ3) is 1.46. The lowest BCUT2D eigenvalue weighted by Crippen LogP contribution is -2.33. The van der Waals surface area contributed by atoms with Crippen LogP contribution in [0.5, 0.6) is 0 Å². The Bertz CT molecular complexity index is 837. The number of ether oxygens (including phenoxy) is 1. The van der Waals surface area contributed by atoms with Gasteiger partial charge in [0, 0.05) is 10.6 Å². The summed E-state index contributed by atoms with van der Waals surface area (Å²) in [5, 5.41) is 5.04. The van der Waals surface area contributed by atoms with Crippen molar-refractivity contribution in [2.24, 2.45) is 0 Å². The molecule has 4 heterocycles. The van der Waals surface area contributed by atoms with E-state index in [0.717, 1.165) is 22.0 Å². The van der Waals surface area contributed by atoms with Crippen molar-refractivity contribution in [3.63, 3.8) is 0 Å². The highest BCUT2D eigenvalue weighted by Crippen LogP contribution is 2.66. The molecule has 1 saturated heterocycles. The smallest absolute Gasteiger partial charge is 0.178 e. The van der Waals surface area contributed by atoms with Crippen molar-refractivity contribution in [1.82, 2.24) is 14.8 Å². The van der Waals surface area contributed by atoms with Crippen molar-refractivity contribution in [1.29, 1.82) is 0 Å². The number of fused-ring (bicyclic) bond motifs is 1. The van der Waals surface area contributed by atoms with Crippen LogP contribution >= 0.6 is 11.6 Å². The quantitative estimate of drug-likeness (QED) is 0.695. The van der Waals surface area contributed by atoms with Crippen LogP contribution in [-0.4, -0.2) is 14.8 Å². The van der Waals surface area contributed by atoms with E-state index in [1.165, 1.54) is 0 Å². The summed E-state index contributed by atoms with van der Waals surface area (Å²) >= 11 is 6.37. The van der Waals surface area contributed by atoms with E-state index in [-0.39, 0.29) is 12.1 Å². The molecule has 0 unspecified atom stereocenters. The Balaban J connectivity index is 1.63. The zero-order valence-electron chi connectivity index (χ0n) is 11.6. The van der Waals surface area contributed by atoms with Gasteiger partial charge in [-0.05, 0) is 11.6 Å². The first-order valence-electron chi connectivity index (χ1n) is 7.19. The Morgan fingerprint density at radius 1 is 1.05 bits per heavy atom. The summed E-state index contributed by atoms with van der Waals surface area (Å²) in [6.07, 6.45) is 1.68. The molecule has 0 N–H and O–H groups in total. The number of hydrogen-bond donors (Lipinski definition) is 0. The number of aromatic nitrogens is 3. The number of benzene rings is 2. The summed E-state index contributed by atoms with van der Waals surface area (Å²) in [5.41, 5.74) is 1.69. The number of nitrogens with zero attached hydrogens (tertiary/aromatic N) is 3. The average Bonchev–Trinajstić information content (AvgIpc) is 2.90. The first kappa shape index (κ1) is 12.4. The van der Waals surface area contributed by atoms with E-state index in [0.29, 0.717) is 0 Å². The van der Waals surface area contributed by atoms with Crippen LogP contribution in [-0.2, 0) is 10.3 Å². The van der Waals surface area contributed by atoms with Gasteiger partial charge < -0.3 is 4.74 Å².